The number of hydrogen-bond acceptors (Lipinski definition) is 2. The van der Waals surface area contributed by atoms with Crippen LogP contribution >= 0.6 is 0 Å². The normalized spacial score (nSPS) is 17.6. The second-order valence-electron chi connectivity index (χ2n) is 6.44. The number of carbonyl (C=O) groups excluding carboxylic acids is 1. The lowest BCUT2D eigenvalue weighted by Crippen LogP contribution is -2.43. The molecule has 0 unspecified atom stereocenters. The minimum Gasteiger partial charge on any atom is -0.372 e. The summed E-state index contributed by atoms with van der Waals surface area (Å²) in [5.41, 5.74) is 2.37. The number of hydrogen-bond donors (Lipinski definition) is 0. The van der Waals surface area contributed by atoms with E-state index in [0.717, 1.165) is 30.5 Å². The van der Waals surface area contributed by atoms with E-state index in [1.165, 1.54) is 6.07 Å². The molecule has 1 heterocycles. The van der Waals surface area contributed by atoms with E-state index in [2.05, 4.69) is 0 Å². The lowest BCUT2D eigenvalue weighted by molar-refractivity contribution is -0.00682. The molecule has 1 amide bonds. The van der Waals surface area contributed by atoms with Crippen LogP contribution in [0.25, 0.3) is 0 Å². The molecular weight excluding hydrogens is 324 g/mol. The molecule has 0 spiro atoms. The van der Waals surface area contributed by atoms with Crippen LogP contribution in [0.4, 0.5) is 8.78 Å². The van der Waals surface area contributed by atoms with Gasteiger partial charge in [-0.2, -0.15) is 0 Å². The van der Waals surface area contributed by atoms with Gasteiger partial charge in [-0.25, -0.2) is 8.78 Å². The topological polar surface area (TPSA) is 29.5 Å². The standard InChI is InChI=1S/C20H21F2NO2/c1-14-4-7-16(8-5-14)20(24)23-10-2-3-17(12-23)25-13-15-6-9-18(21)19(22)11-15/h4-9,11,17H,2-3,10,12-13H2,1H3/t17-/m0/s1. The Kier molecular flexibility index (Phi) is 5.43. The number of piperidine rings is 1. The molecule has 1 aliphatic heterocycles. The summed E-state index contributed by atoms with van der Waals surface area (Å²) in [7, 11) is 0. The van der Waals surface area contributed by atoms with Gasteiger partial charge < -0.3 is 9.64 Å². The highest BCUT2D eigenvalue weighted by atomic mass is 19.2. The van der Waals surface area contributed by atoms with E-state index in [-0.39, 0.29) is 18.6 Å². The average molecular weight is 345 g/mol. The maximum absolute atomic E-state index is 13.2. The van der Waals surface area contributed by atoms with Crippen molar-refractivity contribution in [1.82, 2.24) is 4.90 Å². The molecular formula is C20H21F2NO2. The number of aryl methyl sites for hydroxylation is 1. The highest BCUT2D eigenvalue weighted by Crippen LogP contribution is 2.18. The third-order valence-electron chi connectivity index (χ3n) is 4.43. The van der Waals surface area contributed by atoms with Crippen LogP contribution in [0.3, 0.4) is 0 Å². The first-order valence-corrected chi connectivity index (χ1v) is 8.44. The fraction of sp³-hybridized carbons (Fsp3) is 0.350. The van der Waals surface area contributed by atoms with Crippen molar-refractivity contribution < 1.29 is 18.3 Å². The van der Waals surface area contributed by atoms with E-state index in [0.29, 0.717) is 24.2 Å². The number of carbonyl (C=O) groups is 1. The second kappa shape index (κ2) is 7.74. The van der Waals surface area contributed by atoms with Crippen LogP contribution in [0.5, 0.6) is 0 Å². The summed E-state index contributed by atoms with van der Waals surface area (Å²) in [5.74, 6) is -1.74. The van der Waals surface area contributed by atoms with E-state index < -0.39 is 11.6 Å². The summed E-state index contributed by atoms with van der Waals surface area (Å²) >= 11 is 0. The van der Waals surface area contributed by atoms with Gasteiger partial charge in [0.1, 0.15) is 0 Å². The Hall–Kier alpha value is -2.27. The van der Waals surface area contributed by atoms with Crippen molar-refractivity contribution >= 4 is 5.91 Å². The van der Waals surface area contributed by atoms with Gasteiger partial charge in [-0.15, -0.1) is 0 Å². The van der Waals surface area contributed by atoms with Crippen molar-refractivity contribution in [1.29, 1.82) is 0 Å². The molecule has 0 N–H and O–H groups in total. The van der Waals surface area contributed by atoms with Gasteiger partial charge in [-0.05, 0) is 49.6 Å². The third-order valence-corrected chi connectivity index (χ3v) is 4.43. The molecule has 0 aromatic heterocycles. The maximum atomic E-state index is 13.2. The lowest BCUT2D eigenvalue weighted by atomic mass is 10.1. The first-order valence-electron chi connectivity index (χ1n) is 8.44. The largest absolute Gasteiger partial charge is 0.372 e. The summed E-state index contributed by atoms with van der Waals surface area (Å²) in [6, 6.07) is 11.3. The van der Waals surface area contributed by atoms with Crippen molar-refractivity contribution in [2.75, 3.05) is 13.1 Å². The number of nitrogens with zero attached hydrogens (tertiary/aromatic N) is 1. The Balaban J connectivity index is 1.58. The SMILES string of the molecule is Cc1ccc(C(=O)N2CCC[C@H](OCc3ccc(F)c(F)c3)C2)cc1. The van der Waals surface area contributed by atoms with Crippen LogP contribution in [0.1, 0.15) is 34.3 Å². The monoisotopic (exact) mass is 345 g/mol. The zero-order valence-electron chi connectivity index (χ0n) is 14.2. The predicted molar refractivity (Wildman–Crippen MR) is 91.3 cm³/mol. The highest BCUT2D eigenvalue weighted by molar-refractivity contribution is 5.94. The fourth-order valence-electron chi connectivity index (χ4n) is 2.98. The molecule has 1 atom stereocenters. The summed E-state index contributed by atoms with van der Waals surface area (Å²) in [6.07, 6.45) is 1.61. The van der Waals surface area contributed by atoms with Crippen LogP contribution in [-0.2, 0) is 11.3 Å². The maximum Gasteiger partial charge on any atom is 0.253 e. The first-order chi connectivity index (χ1) is 12.0. The second-order valence-corrected chi connectivity index (χ2v) is 6.44. The Morgan fingerprint density at radius 3 is 2.64 bits per heavy atom. The van der Waals surface area contributed by atoms with Gasteiger partial charge in [0, 0.05) is 18.7 Å². The van der Waals surface area contributed by atoms with Gasteiger partial charge in [0.15, 0.2) is 11.6 Å². The molecule has 0 bridgehead atoms. The molecule has 1 saturated heterocycles. The van der Waals surface area contributed by atoms with Crippen LogP contribution in [0.2, 0.25) is 0 Å². The van der Waals surface area contributed by atoms with Crippen LogP contribution in [0.15, 0.2) is 42.5 Å². The van der Waals surface area contributed by atoms with E-state index in [9.17, 15) is 13.6 Å². The molecule has 5 heteroatoms. The molecule has 2 aromatic rings. The van der Waals surface area contributed by atoms with Gasteiger partial charge in [-0.1, -0.05) is 23.8 Å². The number of halogens is 2. The molecule has 1 aliphatic rings. The first kappa shape index (κ1) is 17.5. The van der Waals surface area contributed by atoms with E-state index in [4.69, 9.17) is 4.74 Å². The van der Waals surface area contributed by atoms with Gasteiger partial charge in [-0.3, -0.25) is 4.79 Å². The summed E-state index contributed by atoms with van der Waals surface area (Å²) < 4.78 is 32.0. The number of likely N-dealkylation sites (tertiary alicyclic amines) is 1. The van der Waals surface area contributed by atoms with Crippen molar-refractivity contribution in [3.05, 3.63) is 70.8 Å². The van der Waals surface area contributed by atoms with Crippen molar-refractivity contribution in [2.45, 2.75) is 32.5 Å². The van der Waals surface area contributed by atoms with Gasteiger partial charge >= 0.3 is 0 Å². The fourth-order valence-corrected chi connectivity index (χ4v) is 2.98. The Morgan fingerprint density at radius 1 is 1.16 bits per heavy atom. The molecule has 0 saturated carbocycles. The van der Waals surface area contributed by atoms with Crippen LogP contribution < -0.4 is 0 Å². The van der Waals surface area contributed by atoms with Gasteiger partial charge in [0.25, 0.3) is 5.91 Å². The van der Waals surface area contributed by atoms with Crippen LogP contribution in [-0.4, -0.2) is 30.0 Å². The predicted octanol–water partition coefficient (Wildman–Crippen LogP) is 4.09. The molecule has 3 rings (SSSR count). The zero-order chi connectivity index (χ0) is 17.8. The third kappa shape index (κ3) is 4.42. The Labute approximate surface area is 146 Å². The molecule has 0 radical (unpaired) electrons. The van der Waals surface area contributed by atoms with Gasteiger partial charge in [0.2, 0.25) is 0 Å². The number of benzene rings is 2. The summed E-state index contributed by atoms with van der Waals surface area (Å²) in [6.45, 7) is 3.40. The Bertz CT molecular complexity index is 746. The molecule has 25 heavy (non-hydrogen) atoms. The summed E-state index contributed by atoms with van der Waals surface area (Å²) in [5, 5.41) is 0. The minimum atomic E-state index is -0.874. The zero-order valence-corrected chi connectivity index (χ0v) is 14.2. The van der Waals surface area contributed by atoms with E-state index >= 15 is 0 Å². The smallest absolute Gasteiger partial charge is 0.253 e. The Morgan fingerprint density at radius 2 is 1.92 bits per heavy atom. The van der Waals surface area contributed by atoms with E-state index in [1.54, 1.807) is 4.90 Å². The quantitative estimate of drug-likeness (QED) is 0.835. The average Bonchev–Trinajstić information content (AvgIpc) is 2.63. The molecule has 132 valence electrons. The molecule has 2 aromatic carbocycles. The molecule has 0 aliphatic carbocycles. The number of amides is 1. The minimum absolute atomic E-state index is 0.00104. The highest BCUT2D eigenvalue weighted by Gasteiger charge is 2.25. The van der Waals surface area contributed by atoms with Crippen molar-refractivity contribution in [2.24, 2.45) is 0 Å². The molecule has 3 nitrogen and oxygen atoms in total. The summed E-state index contributed by atoms with van der Waals surface area (Å²) in [4.78, 5) is 14.4. The number of rotatable bonds is 4. The number of ether oxygens (including phenoxy) is 1. The van der Waals surface area contributed by atoms with Crippen molar-refractivity contribution in [3.63, 3.8) is 0 Å². The van der Waals surface area contributed by atoms with E-state index in [1.807, 2.05) is 31.2 Å². The lowest BCUT2D eigenvalue weighted by Gasteiger charge is -2.32. The van der Waals surface area contributed by atoms with Crippen LogP contribution in [0, 0.1) is 18.6 Å². The molecule has 1 fully saturated rings. The van der Waals surface area contributed by atoms with Crippen molar-refractivity contribution in [3.8, 4) is 0 Å². The van der Waals surface area contributed by atoms with Gasteiger partial charge in [0.05, 0.1) is 12.7 Å².